The summed E-state index contributed by atoms with van der Waals surface area (Å²) >= 11 is 0. The van der Waals surface area contributed by atoms with Crippen molar-refractivity contribution < 1.29 is 9.59 Å². The van der Waals surface area contributed by atoms with Crippen LogP contribution >= 0.6 is 0 Å². The van der Waals surface area contributed by atoms with Gasteiger partial charge in [-0.3, -0.25) is 9.59 Å². The fourth-order valence-corrected chi connectivity index (χ4v) is 3.62. The van der Waals surface area contributed by atoms with Gasteiger partial charge in [0, 0.05) is 18.7 Å². The second kappa shape index (κ2) is 7.46. The molecule has 2 heterocycles. The number of aromatic nitrogens is 2. The summed E-state index contributed by atoms with van der Waals surface area (Å²) in [6, 6.07) is 15.5. The number of H-pyrrole nitrogens is 1. The van der Waals surface area contributed by atoms with Crippen LogP contribution in [0.3, 0.4) is 0 Å². The Balaban J connectivity index is 1.42. The van der Waals surface area contributed by atoms with E-state index in [0.29, 0.717) is 12.4 Å². The van der Waals surface area contributed by atoms with Crippen molar-refractivity contribution in [3.8, 4) is 0 Å². The third-order valence-electron chi connectivity index (χ3n) is 5.33. The van der Waals surface area contributed by atoms with Gasteiger partial charge in [0.1, 0.15) is 5.82 Å². The van der Waals surface area contributed by atoms with Crippen LogP contribution in [0.1, 0.15) is 37.7 Å². The van der Waals surface area contributed by atoms with Crippen molar-refractivity contribution in [2.24, 2.45) is 5.92 Å². The minimum Gasteiger partial charge on any atom is -0.346 e. The molecule has 0 spiro atoms. The van der Waals surface area contributed by atoms with E-state index in [-0.39, 0.29) is 30.2 Å². The number of nitrogens with zero attached hydrogens (tertiary/aromatic N) is 2. The fourth-order valence-electron chi connectivity index (χ4n) is 3.62. The molecule has 1 aromatic heterocycles. The van der Waals surface area contributed by atoms with Gasteiger partial charge in [0.15, 0.2) is 0 Å². The largest absolute Gasteiger partial charge is 0.346 e. The normalized spacial score (nSPS) is 17.9. The predicted molar refractivity (Wildman–Crippen MR) is 109 cm³/mol. The average Bonchev–Trinajstić information content (AvgIpc) is 3.32. The van der Waals surface area contributed by atoms with Gasteiger partial charge in [-0.05, 0) is 43.2 Å². The zero-order chi connectivity index (χ0) is 19.7. The van der Waals surface area contributed by atoms with Gasteiger partial charge in [0.05, 0.1) is 23.0 Å². The highest BCUT2D eigenvalue weighted by molar-refractivity contribution is 6.00. The van der Waals surface area contributed by atoms with E-state index in [1.807, 2.05) is 55.5 Å². The van der Waals surface area contributed by atoms with Crippen LogP contribution in [0.25, 0.3) is 11.0 Å². The van der Waals surface area contributed by atoms with Crippen LogP contribution < -0.4 is 10.2 Å². The Hall–Kier alpha value is -3.15. The van der Waals surface area contributed by atoms with Crippen molar-refractivity contribution in [3.05, 3.63) is 59.9 Å². The first kappa shape index (κ1) is 18.2. The monoisotopic (exact) mass is 376 g/mol. The number of anilines is 1. The number of hydrogen-bond donors (Lipinski definition) is 2. The number of carbonyl (C=O) groups excluding carboxylic acids is 2. The molecule has 2 atom stereocenters. The SMILES string of the molecule is CCc1ccc(N2CC(C(=O)N[C@@H](C)c3nc4ccccc4[nH]3)CC2=O)cc1. The fraction of sp³-hybridized carbons (Fsp3) is 0.318. The average molecular weight is 376 g/mol. The summed E-state index contributed by atoms with van der Waals surface area (Å²) in [7, 11) is 0. The Morgan fingerprint density at radius 1 is 1.25 bits per heavy atom. The highest BCUT2D eigenvalue weighted by atomic mass is 16.2. The molecule has 0 radical (unpaired) electrons. The maximum Gasteiger partial charge on any atom is 0.227 e. The third-order valence-corrected chi connectivity index (χ3v) is 5.33. The van der Waals surface area contributed by atoms with E-state index in [2.05, 4.69) is 22.2 Å². The molecule has 28 heavy (non-hydrogen) atoms. The van der Waals surface area contributed by atoms with Crippen LogP contribution in [-0.4, -0.2) is 28.3 Å². The van der Waals surface area contributed by atoms with Gasteiger partial charge in [-0.1, -0.05) is 31.2 Å². The minimum atomic E-state index is -0.356. The van der Waals surface area contributed by atoms with Crippen molar-refractivity contribution in [3.63, 3.8) is 0 Å². The molecular weight excluding hydrogens is 352 g/mol. The van der Waals surface area contributed by atoms with E-state index in [4.69, 9.17) is 0 Å². The van der Waals surface area contributed by atoms with Gasteiger partial charge in [-0.2, -0.15) is 0 Å². The van der Waals surface area contributed by atoms with E-state index in [9.17, 15) is 9.59 Å². The Kier molecular flexibility index (Phi) is 4.86. The number of imidazole rings is 1. The van der Waals surface area contributed by atoms with Gasteiger partial charge < -0.3 is 15.2 Å². The quantitative estimate of drug-likeness (QED) is 0.717. The maximum atomic E-state index is 12.7. The molecular formula is C22H24N4O2. The van der Waals surface area contributed by atoms with Crippen molar-refractivity contribution in [1.82, 2.24) is 15.3 Å². The summed E-state index contributed by atoms with van der Waals surface area (Å²) in [4.78, 5) is 34.7. The number of amides is 2. The second-order valence-corrected chi connectivity index (χ2v) is 7.29. The molecule has 6 nitrogen and oxygen atoms in total. The molecule has 2 aromatic carbocycles. The van der Waals surface area contributed by atoms with Crippen molar-refractivity contribution in [1.29, 1.82) is 0 Å². The van der Waals surface area contributed by atoms with Gasteiger partial charge in [0.25, 0.3) is 0 Å². The van der Waals surface area contributed by atoms with Crippen molar-refractivity contribution in [2.75, 3.05) is 11.4 Å². The second-order valence-electron chi connectivity index (χ2n) is 7.29. The van der Waals surface area contributed by atoms with Crippen LogP contribution in [0.4, 0.5) is 5.69 Å². The lowest BCUT2D eigenvalue weighted by Gasteiger charge is -2.18. The van der Waals surface area contributed by atoms with Gasteiger partial charge >= 0.3 is 0 Å². The molecule has 6 heteroatoms. The Labute approximate surface area is 164 Å². The van der Waals surface area contributed by atoms with Crippen molar-refractivity contribution in [2.45, 2.75) is 32.7 Å². The van der Waals surface area contributed by atoms with Crippen LogP contribution in [0.2, 0.25) is 0 Å². The Bertz CT molecular complexity index is 976. The highest BCUT2D eigenvalue weighted by Gasteiger charge is 2.35. The molecule has 0 aliphatic carbocycles. The first-order chi connectivity index (χ1) is 13.5. The number of fused-ring (bicyclic) bond motifs is 1. The number of carbonyl (C=O) groups is 2. The molecule has 144 valence electrons. The molecule has 3 aromatic rings. The smallest absolute Gasteiger partial charge is 0.227 e. The van der Waals surface area contributed by atoms with Crippen LogP contribution in [0.5, 0.6) is 0 Å². The summed E-state index contributed by atoms with van der Waals surface area (Å²) in [5.74, 6) is 0.228. The van der Waals surface area contributed by atoms with Crippen LogP contribution in [0, 0.1) is 5.92 Å². The van der Waals surface area contributed by atoms with Gasteiger partial charge in [0.2, 0.25) is 11.8 Å². The highest BCUT2D eigenvalue weighted by Crippen LogP contribution is 2.26. The molecule has 0 saturated carbocycles. The standard InChI is InChI=1S/C22H24N4O2/c1-3-15-8-10-17(11-9-15)26-13-16(12-20(26)27)22(28)23-14(2)21-24-18-6-4-5-7-19(18)25-21/h4-11,14,16H,3,12-13H2,1-2H3,(H,23,28)(H,24,25)/t14-,16?/m0/s1. The summed E-state index contributed by atoms with van der Waals surface area (Å²) < 4.78 is 0. The molecule has 2 N–H and O–H groups in total. The van der Waals surface area contributed by atoms with E-state index in [0.717, 1.165) is 23.1 Å². The Morgan fingerprint density at radius 3 is 2.71 bits per heavy atom. The number of para-hydroxylation sites is 2. The van der Waals surface area contributed by atoms with E-state index in [1.54, 1.807) is 4.90 Å². The lowest BCUT2D eigenvalue weighted by Crippen LogP contribution is -2.35. The maximum absolute atomic E-state index is 12.7. The van der Waals surface area contributed by atoms with E-state index >= 15 is 0 Å². The van der Waals surface area contributed by atoms with Gasteiger partial charge in [-0.25, -0.2) is 4.98 Å². The number of nitrogens with one attached hydrogen (secondary N) is 2. The number of aryl methyl sites for hydroxylation is 1. The zero-order valence-electron chi connectivity index (χ0n) is 16.1. The molecule has 1 aliphatic heterocycles. The third kappa shape index (κ3) is 3.50. The summed E-state index contributed by atoms with van der Waals surface area (Å²) in [6.07, 6.45) is 1.19. The molecule has 2 amide bonds. The van der Waals surface area contributed by atoms with E-state index < -0.39 is 0 Å². The summed E-state index contributed by atoms with van der Waals surface area (Å²) in [5, 5.41) is 3.00. The van der Waals surface area contributed by atoms with E-state index in [1.165, 1.54) is 5.56 Å². The Morgan fingerprint density at radius 2 is 2.00 bits per heavy atom. The molecule has 1 saturated heterocycles. The first-order valence-corrected chi connectivity index (χ1v) is 9.69. The van der Waals surface area contributed by atoms with Crippen LogP contribution in [-0.2, 0) is 16.0 Å². The minimum absolute atomic E-state index is 0.0132. The molecule has 1 aliphatic rings. The molecule has 1 fully saturated rings. The summed E-state index contributed by atoms with van der Waals surface area (Å²) in [6.45, 7) is 4.40. The number of aromatic amines is 1. The first-order valence-electron chi connectivity index (χ1n) is 9.69. The van der Waals surface area contributed by atoms with Crippen LogP contribution in [0.15, 0.2) is 48.5 Å². The molecule has 4 rings (SSSR count). The lowest BCUT2D eigenvalue weighted by molar-refractivity contribution is -0.126. The molecule has 0 bridgehead atoms. The number of benzene rings is 2. The number of hydrogen-bond acceptors (Lipinski definition) is 3. The summed E-state index contributed by atoms with van der Waals surface area (Å²) in [5.41, 5.74) is 3.89. The zero-order valence-corrected chi connectivity index (χ0v) is 16.1. The molecule has 1 unspecified atom stereocenters. The number of rotatable bonds is 5. The predicted octanol–water partition coefficient (Wildman–Crippen LogP) is 3.36. The van der Waals surface area contributed by atoms with Gasteiger partial charge in [-0.15, -0.1) is 0 Å². The van der Waals surface area contributed by atoms with Crippen molar-refractivity contribution >= 4 is 28.5 Å². The topological polar surface area (TPSA) is 78.1 Å². The lowest BCUT2D eigenvalue weighted by atomic mass is 10.1.